The van der Waals surface area contributed by atoms with Gasteiger partial charge in [0.1, 0.15) is 11.6 Å². The number of aromatic nitrogens is 2. The Hall–Kier alpha value is -4.60. The fourth-order valence-corrected chi connectivity index (χ4v) is 4.50. The predicted octanol–water partition coefficient (Wildman–Crippen LogP) is 3.81. The Morgan fingerprint density at radius 2 is 1.79 bits per heavy atom. The summed E-state index contributed by atoms with van der Waals surface area (Å²) >= 11 is 0. The van der Waals surface area contributed by atoms with Crippen molar-refractivity contribution in [3.05, 3.63) is 93.0 Å². The lowest BCUT2D eigenvalue weighted by atomic mass is 9.82. The van der Waals surface area contributed by atoms with Crippen molar-refractivity contribution >= 4 is 23.5 Å². The van der Waals surface area contributed by atoms with Gasteiger partial charge in [-0.2, -0.15) is 4.98 Å². The summed E-state index contributed by atoms with van der Waals surface area (Å²) in [7, 11) is 1.55. The van der Waals surface area contributed by atoms with Gasteiger partial charge >= 0.3 is 11.7 Å². The molecular weight excluding hydrogens is 486 g/mol. The summed E-state index contributed by atoms with van der Waals surface area (Å²) in [5.41, 5.74) is 7.71. The van der Waals surface area contributed by atoms with Crippen LogP contribution in [0.1, 0.15) is 54.6 Å². The van der Waals surface area contributed by atoms with Gasteiger partial charge in [0, 0.05) is 23.4 Å². The molecule has 2 aromatic carbocycles. The Labute approximate surface area is 220 Å². The van der Waals surface area contributed by atoms with Crippen LogP contribution in [0.25, 0.3) is 0 Å². The maximum atomic E-state index is 13.2. The summed E-state index contributed by atoms with van der Waals surface area (Å²) < 4.78 is 12.1. The van der Waals surface area contributed by atoms with Crippen LogP contribution in [0, 0.1) is 0 Å². The molecule has 198 valence electrons. The zero-order valence-electron chi connectivity index (χ0n) is 21.8. The second kappa shape index (κ2) is 11.6. The van der Waals surface area contributed by atoms with Crippen molar-refractivity contribution in [3.63, 3.8) is 0 Å². The Balaban J connectivity index is 1.83. The first-order chi connectivity index (χ1) is 18.4. The number of nitrogens with zero attached hydrogens (tertiary/aromatic N) is 2. The fraction of sp³-hybridized carbons (Fsp3) is 0.286. The lowest BCUT2D eigenvalue weighted by Crippen LogP contribution is -2.37. The van der Waals surface area contributed by atoms with E-state index in [-0.39, 0.29) is 12.4 Å². The predicted molar refractivity (Wildman–Crippen MR) is 144 cm³/mol. The molecule has 0 fully saturated rings. The van der Waals surface area contributed by atoms with E-state index in [9.17, 15) is 14.4 Å². The van der Waals surface area contributed by atoms with E-state index in [1.54, 1.807) is 49.8 Å². The number of benzene rings is 2. The van der Waals surface area contributed by atoms with Gasteiger partial charge in [0.25, 0.3) is 5.91 Å². The van der Waals surface area contributed by atoms with Crippen LogP contribution in [0.2, 0.25) is 0 Å². The molecule has 0 aliphatic carbocycles. The smallest absolute Gasteiger partial charge is 0.351 e. The molecule has 1 aromatic heterocycles. The minimum absolute atomic E-state index is 0.134. The van der Waals surface area contributed by atoms with E-state index in [1.807, 2.05) is 37.3 Å². The molecule has 3 N–H and O–H groups in total. The molecule has 1 atom stereocenters. The third-order valence-corrected chi connectivity index (χ3v) is 6.23. The second-order valence-corrected chi connectivity index (χ2v) is 8.69. The molecule has 0 spiro atoms. The molecule has 38 heavy (non-hydrogen) atoms. The van der Waals surface area contributed by atoms with E-state index >= 15 is 0 Å². The topological polar surface area (TPSA) is 124 Å². The van der Waals surface area contributed by atoms with Crippen molar-refractivity contribution in [2.24, 2.45) is 0 Å². The van der Waals surface area contributed by atoms with Crippen molar-refractivity contribution in [1.29, 1.82) is 0 Å². The van der Waals surface area contributed by atoms with Crippen LogP contribution >= 0.6 is 0 Å². The normalized spacial score (nSPS) is 14.3. The molecule has 10 nitrogen and oxygen atoms in total. The second-order valence-electron chi connectivity index (χ2n) is 8.69. The monoisotopic (exact) mass is 517 g/mol. The number of hydrazine groups is 1. The van der Waals surface area contributed by atoms with Crippen LogP contribution in [0.3, 0.4) is 0 Å². The summed E-state index contributed by atoms with van der Waals surface area (Å²) in [4.78, 5) is 43.4. The maximum Gasteiger partial charge on any atom is 0.351 e. The quantitative estimate of drug-likeness (QED) is 0.289. The number of ether oxygens (including phenoxy) is 2. The van der Waals surface area contributed by atoms with Crippen molar-refractivity contribution < 1.29 is 19.1 Å². The Kier molecular flexibility index (Phi) is 8.10. The first-order valence-electron chi connectivity index (χ1n) is 12.4. The standard InChI is InChI=1S/C28H31N5O5/c1-5-16-33-25-23(22(18-10-8-7-9-11-18)21(17(3)29-25)27(35)38-6-2)24(30-28(33)36)31-32-26(34)19-12-14-20(37-4)15-13-19/h7-15,22,29H,5-6,16H2,1-4H3,(H,32,34)(H,30,31,36). The number of esters is 1. The maximum absolute atomic E-state index is 13.2. The number of methoxy groups -OCH3 is 1. The molecular formula is C28H31N5O5. The molecule has 1 amide bonds. The van der Waals surface area contributed by atoms with Gasteiger partial charge in [-0.05, 0) is 50.1 Å². The third-order valence-electron chi connectivity index (χ3n) is 6.23. The number of fused-ring (bicyclic) bond motifs is 1. The number of rotatable bonds is 9. The van der Waals surface area contributed by atoms with Gasteiger partial charge < -0.3 is 14.8 Å². The van der Waals surface area contributed by atoms with E-state index in [0.717, 1.165) is 5.56 Å². The molecule has 0 radical (unpaired) electrons. The first-order valence-corrected chi connectivity index (χ1v) is 12.4. The number of hydrogen-bond donors (Lipinski definition) is 3. The summed E-state index contributed by atoms with van der Waals surface area (Å²) in [5, 5.41) is 3.25. The number of carbonyl (C=O) groups is 2. The SMILES string of the molecule is CCCn1c2c(c(NNC(=O)c3ccc(OC)cc3)nc1=O)C(c1ccccc1)C(C(=O)OCC)=C(C)N2. The first kappa shape index (κ1) is 26.5. The molecule has 0 saturated carbocycles. The highest BCUT2D eigenvalue weighted by atomic mass is 16.5. The third kappa shape index (κ3) is 5.24. The van der Waals surface area contributed by atoms with E-state index < -0.39 is 23.5 Å². The lowest BCUT2D eigenvalue weighted by molar-refractivity contribution is -0.138. The molecule has 10 heteroatoms. The average molecular weight is 518 g/mol. The molecule has 1 aliphatic rings. The number of hydrogen-bond acceptors (Lipinski definition) is 8. The largest absolute Gasteiger partial charge is 0.497 e. The average Bonchev–Trinajstić information content (AvgIpc) is 2.93. The number of nitrogens with one attached hydrogen (secondary N) is 3. The molecule has 3 aromatic rings. The summed E-state index contributed by atoms with van der Waals surface area (Å²) in [6.07, 6.45) is 0.695. The highest BCUT2D eigenvalue weighted by molar-refractivity contribution is 5.96. The van der Waals surface area contributed by atoms with Crippen LogP contribution in [-0.4, -0.2) is 35.1 Å². The summed E-state index contributed by atoms with van der Waals surface area (Å²) in [6.45, 7) is 6.12. The van der Waals surface area contributed by atoms with Gasteiger partial charge in [0.2, 0.25) is 0 Å². The summed E-state index contributed by atoms with van der Waals surface area (Å²) in [6, 6.07) is 16.0. The molecule has 0 bridgehead atoms. The van der Waals surface area contributed by atoms with Crippen LogP contribution < -0.4 is 26.6 Å². The van der Waals surface area contributed by atoms with Crippen molar-refractivity contribution in [2.45, 2.75) is 39.7 Å². The highest BCUT2D eigenvalue weighted by Gasteiger charge is 2.37. The van der Waals surface area contributed by atoms with Gasteiger partial charge in [0.05, 0.1) is 25.2 Å². The van der Waals surface area contributed by atoms with Crippen LogP contribution in [0.15, 0.2) is 70.7 Å². The van der Waals surface area contributed by atoms with Crippen LogP contribution in [0.4, 0.5) is 11.6 Å². The van der Waals surface area contributed by atoms with Gasteiger partial charge in [-0.3, -0.25) is 20.2 Å². The van der Waals surface area contributed by atoms with E-state index in [1.165, 1.54) is 0 Å². The van der Waals surface area contributed by atoms with E-state index in [0.29, 0.717) is 46.9 Å². The Bertz CT molecular complexity index is 1410. The van der Waals surface area contributed by atoms with E-state index in [2.05, 4.69) is 21.2 Å². The number of carbonyl (C=O) groups excluding carboxylic acids is 2. The van der Waals surface area contributed by atoms with Crippen molar-refractivity contribution in [2.75, 3.05) is 24.5 Å². The molecule has 0 saturated heterocycles. The minimum atomic E-state index is -0.608. The van der Waals surface area contributed by atoms with Gasteiger partial charge in [-0.1, -0.05) is 37.3 Å². The molecule has 1 aliphatic heterocycles. The fourth-order valence-electron chi connectivity index (χ4n) is 4.50. The van der Waals surface area contributed by atoms with E-state index in [4.69, 9.17) is 9.47 Å². The molecule has 1 unspecified atom stereocenters. The van der Waals surface area contributed by atoms with Gasteiger partial charge in [0.15, 0.2) is 5.82 Å². The highest BCUT2D eigenvalue weighted by Crippen LogP contribution is 2.44. The van der Waals surface area contributed by atoms with Crippen molar-refractivity contribution in [1.82, 2.24) is 15.0 Å². The number of allylic oxidation sites excluding steroid dienone is 1. The number of anilines is 2. The Morgan fingerprint density at radius 1 is 1.08 bits per heavy atom. The Morgan fingerprint density at radius 3 is 2.42 bits per heavy atom. The summed E-state index contributed by atoms with van der Waals surface area (Å²) in [5.74, 6) is -0.252. The zero-order chi connectivity index (χ0) is 27.2. The molecule has 4 rings (SSSR count). The van der Waals surface area contributed by atoms with Crippen molar-refractivity contribution in [3.8, 4) is 5.75 Å². The zero-order valence-corrected chi connectivity index (χ0v) is 21.8. The van der Waals surface area contributed by atoms with Gasteiger partial charge in [-0.15, -0.1) is 0 Å². The molecule has 2 heterocycles. The lowest BCUT2D eigenvalue weighted by Gasteiger charge is -2.32. The van der Waals surface area contributed by atoms with Gasteiger partial charge in [-0.25, -0.2) is 9.59 Å². The van der Waals surface area contributed by atoms with Crippen LogP contribution in [-0.2, 0) is 16.1 Å². The number of amides is 1. The van der Waals surface area contributed by atoms with Crippen LogP contribution in [0.5, 0.6) is 5.75 Å². The minimum Gasteiger partial charge on any atom is -0.497 e.